The second kappa shape index (κ2) is 6.42. The Labute approximate surface area is 135 Å². The van der Waals surface area contributed by atoms with E-state index in [1.807, 2.05) is 0 Å². The minimum Gasteiger partial charge on any atom is -0.394 e. The largest absolute Gasteiger partial charge is 0.394 e. The Bertz CT molecular complexity index is 621. The molecule has 118 valence electrons. The third-order valence-corrected chi connectivity index (χ3v) is 6.22. The number of aliphatic hydroxyl groups excluding tert-OH is 1. The number of hydrogen-bond donors (Lipinski definition) is 2. The summed E-state index contributed by atoms with van der Waals surface area (Å²) in [5, 5.41) is 10.1. The molecule has 0 spiro atoms. The first-order valence-corrected chi connectivity index (χ1v) is 9.12. The highest BCUT2D eigenvalue weighted by molar-refractivity contribution is 7.89. The first-order chi connectivity index (χ1) is 9.78. The molecule has 2 rings (SSSR count). The van der Waals surface area contributed by atoms with Crippen LogP contribution < -0.4 is 4.72 Å². The van der Waals surface area contributed by atoms with Gasteiger partial charge in [0.2, 0.25) is 10.0 Å². The third kappa shape index (κ3) is 3.90. The van der Waals surface area contributed by atoms with Crippen LogP contribution in [0.3, 0.4) is 0 Å². The van der Waals surface area contributed by atoms with Crippen molar-refractivity contribution in [2.75, 3.05) is 6.61 Å². The van der Waals surface area contributed by atoms with Gasteiger partial charge in [0.25, 0.3) is 0 Å². The minimum atomic E-state index is -3.83. The Morgan fingerprint density at radius 3 is 2.76 bits per heavy atom. The zero-order chi connectivity index (χ0) is 15.7. The first-order valence-electron chi connectivity index (χ1n) is 6.88. The van der Waals surface area contributed by atoms with Crippen LogP contribution in [-0.2, 0) is 10.0 Å². The molecule has 0 saturated heterocycles. The molecule has 7 heteroatoms. The van der Waals surface area contributed by atoms with Crippen molar-refractivity contribution >= 4 is 33.2 Å². The Morgan fingerprint density at radius 1 is 1.43 bits per heavy atom. The minimum absolute atomic E-state index is 0.0530. The molecule has 1 aromatic rings. The topological polar surface area (TPSA) is 66.4 Å². The summed E-state index contributed by atoms with van der Waals surface area (Å²) in [6.07, 6.45) is 3.15. The fourth-order valence-corrected chi connectivity index (χ4v) is 5.15. The van der Waals surface area contributed by atoms with E-state index in [0.29, 0.717) is 23.8 Å². The van der Waals surface area contributed by atoms with E-state index in [9.17, 15) is 13.5 Å². The molecule has 0 radical (unpaired) electrons. The maximum atomic E-state index is 12.6. The van der Waals surface area contributed by atoms with Crippen LogP contribution in [0.2, 0.25) is 10.0 Å². The number of rotatable bonds is 4. The number of benzene rings is 1. The highest BCUT2D eigenvalue weighted by Crippen LogP contribution is 2.34. The smallest absolute Gasteiger partial charge is 0.242 e. The van der Waals surface area contributed by atoms with E-state index < -0.39 is 15.6 Å². The van der Waals surface area contributed by atoms with Crippen LogP contribution in [0.4, 0.5) is 0 Å². The van der Waals surface area contributed by atoms with Gasteiger partial charge in [-0.2, -0.15) is 0 Å². The second-order valence-corrected chi connectivity index (χ2v) is 8.31. The summed E-state index contributed by atoms with van der Waals surface area (Å²) >= 11 is 11.8. The molecule has 1 fully saturated rings. The monoisotopic (exact) mass is 351 g/mol. The molecule has 1 saturated carbocycles. The fourth-order valence-electron chi connectivity index (χ4n) is 2.95. The summed E-state index contributed by atoms with van der Waals surface area (Å²) in [5.74, 6) is 0.364. The quantitative estimate of drug-likeness (QED) is 0.874. The lowest BCUT2D eigenvalue weighted by Gasteiger charge is -2.39. The molecule has 0 aromatic heterocycles. The van der Waals surface area contributed by atoms with Gasteiger partial charge in [-0.3, -0.25) is 0 Å². The van der Waals surface area contributed by atoms with E-state index in [2.05, 4.69) is 11.6 Å². The summed E-state index contributed by atoms with van der Waals surface area (Å²) in [4.78, 5) is -0.0530. The molecular weight excluding hydrogens is 333 g/mol. The average molecular weight is 352 g/mol. The Morgan fingerprint density at radius 2 is 2.14 bits per heavy atom. The zero-order valence-corrected chi connectivity index (χ0v) is 14.1. The van der Waals surface area contributed by atoms with Crippen molar-refractivity contribution < 1.29 is 13.5 Å². The molecule has 0 heterocycles. The number of nitrogens with one attached hydrogen (secondary N) is 1. The molecule has 0 bridgehead atoms. The zero-order valence-electron chi connectivity index (χ0n) is 11.8. The van der Waals surface area contributed by atoms with Crippen LogP contribution in [0, 0.1) is 5.92 Å². The van der Waals surface area contributed by atoms with Crippen LogP contribution in [-0.4, -0.2) is 25.7 Å². The summed E-state index contributed by atoms with van der Waals surface area (Å²) in [6, 6.07) is 4.31. The van der Waals surface area contributed by atoms with E-state index in [0.717, 1.165) is 12.8 Å². The molecule has 2 atom stereocenters. The van der Waals surface area contributed by atoms with E-state index >= 15 is 0 Å². The van der Waals surface area contributed by atoms with Crippen LogP contribution in [0.1, 0.15) is 32.6 Å². The average Bonchev–Trinajstić information content (AvgIpc) is 2.41. The van der Waals surface area contributed by atoms with Crippen molar-refractivity contribution in [1.82, 2.24) is 4.72 Å². The predicted molar refractivity (Wildman–Crippen MR) is 84.2 cm³/mol. The molecule has 21 heavy (non-hydrogen) atoms. The summed E-state index contributed by atoms with van der Waals surface area (Å²) in [5.41, 5.74) is -0.817. The summed E-state index contributed by atoms with van der Waals surface area (Å²) in [6.45, 7) is 1.83. The number of sulfonamides is 1. The molecule has 1 aliphatic carbocycles. The van der Waals surface area contributed by atoms with Gasteiger partial charge >= 0.3 is 0 Å². The fraction of sp³-hybridized carbons (Fsp3) is 0.571. The lowest BCUT2D eigenvalue weighted by Crippen LogP contribution is -2.53. The molecule has 4 nitrogen and oxygen atoms in total. The van der Waals surface area contributed by atoms with Gasteiger partial charge in [0, 0.05) is 5.02 Å². The Balaban J connectivity index is 2.33. The Kier molecular flexibility index (Phi) is 5.21. The van der Waals surface area contributed by atoms with Gasteiger partial charge in [-0.1, -0.05) is 43.0 Å². The lowest BCUT2D eigenvalue weighted by molar-refractivity contribution is 0.120. The van der Waals surface area contributed by atoms with E-state index in [1.165, 1.54) is 18.2 Å². The van der Waals surface area contributed by atoms with Gasteiger partial charge < -0.3 is 5.11 Å². The van der Waals surface area contributed by atoms with Crippen molar-refractivity contribution in [3.63, 3.8) is 0 Å². The molecule has 2 N–H and O–H groups in total. The van der Waals surface area contributed by atoms with Gasteiger partial charge in [-0.15, -0.1) is 0 Å². The van der Waals surface area contributed by atoms with Crippen molar-refractivity contribution in [1.29, 1.82) is 0 Å². The lowest BCUT2D eigenvalue weighted by atomic mass is 9.78. The molecule has 0 aliphatic heterocycles. The third-order valence-electron chi connectivity index (χ3n) is 3.93. The number of hydrogen-bond acceptors (Lipinski definition) is 3. The van der Waals surface area contributed by atoms with Gasteiger partial charge in [-0.05, 0) is 37.0 Å². The maximum absolute atomic E-state index is 12.6. The van der Waals surface area contributed by atoms with Gasteiger partial charge in [0.15, 0.2) is 0 Å². The van der Waals surface area contributed by atoms with E-state index in [-0.39, 0.29) is 16.5 Å². The van der Waals surface area contributed by atoms with Gasteiger partial charge in [-0.25, -0.2) is 13.1 Å². The van der Waals surface area contributed by atoms with E-state index in [4.69, 9.17) is 23.2 Å². The molecule has 1 aliphatic rings. The van der Waals surface area contributed by atoms with Crippen molar-refractivity contribution in [2.24, 2.45) is 5.92 Å². The van der Waals surface area contributed by atoms with E-state index in [1.54, 1.807) is 0 Å². The van der Waals surface area contributed by atoms with Crippen molar-refractivity contribution in [3.8, 4) is 0 Å². The molecular formula is C14H19Cl2NO3S. The highest BCUT2D eigenvalue weighted by atomic mass is 35.5. The summed E-state index contributed by atoms with van der Waals surface area (Å²) < 4.78 is 27.8. The SMILES string of the molecule is CC1CCCC(CO)(NS(=O)(=O)c2cc(Cl)ccc2Cl)C1. The molecule has 0 amide bonds. The van der Waals surface area contributed by atoms with Crippen LogP contribution in [0.5, 0.6) is 0 Å². The Hall–Kier alpha value is -0.330. The van der Waals surface area contributed by atoms with Crippen molar-refractivity contribution in [3.05, 3.63) is 28.2 Å². The van der Waals surface area contributed by atoms with Crippen LogP contribution in [0.15, 0.2) is 23.1 Å². The second-order valence-electron chi connectivity index (χ2n) is 5.82. The standard InChI is InChI=1S/C14H19Cl2NO3S/c1-10-3-2-6-14(8-10,9-18)17-21(19,20)13-7-11(15)4-5-12(13)16/h4-5,7,10,17-18H,2-3,6,8-9H2,1H3. The molecule has 1 aromatic carbocycles. The highest BCUT2D eigenvalue weighted by Gasteiger charge is 2.38. The normalized spacial score (nSPS) is 26.8. The first kappa shape index (κ1) is 17.0. The molecule has 2 unspecified atom stereocenters. The van der Waals surface area contributed by atoms with Gasteiger partial charge in [0.05, 0.1) is 17.2 Å². The van der Waals surface area contributed by atoms with Crippen molar-refractivity contribution in [2.45, 2.75) is 43.0 Å². The number of halogens is 2. The van der Waals surface area contributed by atoms with Gasteiger partial charge in [0.1, 0.15) is 4.90 Å². The number of aliphatic hydroxyl groups is 1. The van der Waals surface area contributed by atoms with Crippen LogP contribution in [0.25, 0.3) is 0 Å². The summed E-state index contributed by atoms with van der Waals surface area (Å²) in [7, 11) is -3.83. The predicted octanol–water partition coefficient (Wildman–Crippen LogP) is 3.21. The van der Waals surface area contributed by atoms with Crippen LogP contribution >= 0.6 is 23.2 Å². The maximum Gasteiger partial charge on any atom is 0.242 e.